The normalized spacial score (nSPS) is 28.9. The van der Waals surface area contributed by atoms with Gasteiger partial charge in [-0.25, -0.2) is 0 Å². The Kier molecular flexibility index (Phi) is 23.3. The van der Waals surface area contributed by atoms with Gasteiger partial charge in [0.2, 0.25) is 17.3 Å². The lowest BCUT2D eigenvalue weighted by Crippen LogP contribution is -2.53. The van der Waals surface area contributed by atoms with Gasteiger partial charge in [-0.15, -0.1) is 0 Å². The maximum atomic E-state index is 16.1. The van der Waals surface area contributed by atoms with Crippen LogP contribution in [0.3, 0.4) is 0 Å². The minimum absolute atomic E-state index is 0.239. The highest BCUT2D eigenvalue weighted by atomic mass is 16.7. The van der Waals surface area contributed by atoms with Gasteiger partial charge in [0.15, 0.2) is 70.9 Å². The molecule has 3 fully saturated rings. The van der Waals surface area contributed by atoms with Crippen molar-refractivity contribution in [3.05, 3.63) is 165 Å². The lowest BCUT2D eigenvalue weighted by atomic mass is 9.71. The molecule has 0 radical (unpaired) electrons. The summed E-state index contributed by atoms with van der Waals surface area (Å²) in [6.45, 7) is 0.575. The zero-order chi connectivity index (χ0) is 91.5. The molecule has 0 amide bonds. The molecule has 6 aromatic carbocycles. The van der Waals surface area contributed by atoms with Crippen LogP contribution in [0.4, 0.5) is 0 Å². The molecular weight excluding hydrogens is 1660 g/mol. The van der Waals surface area contributed by atoms with Gasteiger partial charge in [0.1, 0.15) is 88.4 Å². The van der Waals surface area contributed by atoms with E-state index in [1.807, 2.05) is 0 Å². The molecule has 0 spiro atoms. The van der Waals surface area contributed by atoms with Crippen molar-refractivity contribution in [3.8, 4) is 51.7 Å². The predicted octanol–water partition coefficient (Wildman–Crippen LogP) is -0.104. The molecule has 6 aliphatic carbocycles. The smallest absolute Gasteiger partial charge is 0.202 e. The molecule has 3 aliphatic heterocycles. The Morgan fingerprint density at radius 3 is 0.984 bits per heavy atom. The molecule has 0 aromatic heterocycles. The maximum absolute atomic E-state index is 16.1. The highest BCUT2D eigenvalue weighted by Gasteiger charge is 2.56. The Hall–Kier alpha value is -11.4. The largest absolute Gasteiger partial charge is 0.507 e. The van der Waals surface area contributed by atoms with E-state index in [0.29, 0.717) is 6.08 Å². The molecule has 18 atom stereocenters. The van der Waals surface area contributed by atoms with Crippen molar-refractivity contribution in [1.29, 1.82) is 0 Å². The third-order valence-electron chi connectivity index (χ3n) is 25.5. The number of Topliss-reactive ketones (excluding diaryl/α,β-unsaturated/α-hetero) is 5. The van der Waals surface area contributed by atoms with E-state index in [0.717, 1.165) is 57.7 Å². The van der Waals surface area contributed by atoms with Gasteiger partial charge in [0, 0.05) is 138 Å². The van der Waals surface area contributed by atoms with Crippen molar-refractivity contribution in [3.63, 3.8) is 0 Å². The summed E-state index contributed by atoms with van der Waals surface area (Å²) in [5.74, 6) is -24.4. The first-order valence-corrected chi connectivity index (χ1v) is 39.9. The SMILES string of the molecule is COc1c(C(=O)/C=C(/CC(=O)c2ccc3c(c2OC)C(=O)c2c(O)c4c(c(O)c2C3=O)C[C@@](O)(C(=O)CO)C[C@@H]4O[C@H]2C[C@H](N)[C@H](O)[C@H](C)O2)C(=O)c2ccc3c(c2OC)C(=O)c2c(O)c4c(c(O)c2C3=O)C[C@@](O)(C(=O)CO)C[C@@H]4O[C@H]2C[C@H](N)[C@H](O)[C@H](C)O2)ccc2c1C(=O)c1c(O)c3c(c(O)c1C2=O)C[C@@](O)(C(=O)CO)C[C@@H]3O[C@H]1C[C@H](N)[C@H](O)[C@H](C)O1. The lowest BCUT2D eigenvalue weighted by molar-refractivity contribution is -0.247. The summed E-state index contributed by atoms with van der Waals surface area (Å²) < 4.78 is 53.5. The van der Waals surface area contributed by atoms with E-state index >= 15 is 43.2 Å². The van der Waals surface area contributed by atoms with Gasteiger partial charge in [-0.3, -0.25) is 57.5 Å². The van der Waals surface area contributed by atoms with Crippen molar-refractivity contribution in [2.75, 3.05) is 41.2 Å². The van der Waals surface area contributed by atoms with E-state index in [4.69, 9.17) is 59.8 Å². The maximum Gasteiger partial charge on any atom is 0.202 e. The van der Waals surface area contributed by atoms with E-state index in [9.17, 15) is 91.0 Å². The lowest BCUT2D eigenvalue weighted by Gasteiger charge is -2.42. The number of allylic oxidation sites excluding steroid dienone is 2. The van der Waals surface area contributed by atoms with Crippen LogP contribution >= 0.6 is 0 Å². The second kappa shape index (κ2) is 32.8. The summed E-state index contributed by atoms with van der Waals surface area (Å²) in [6.07, 6.45) is -22.7. The molecule has 21 N–H and O–H groups in total. The van der Waals surface area contributed by atoms with Gasteiger partial charge in [-0.1, -0.05) is 0 Å². The number of carbonyl (C=O) groups excluding carboxylic acids is 12. The quantitative estimate of drug-likeness (QED) is 0.0239. The molecule has 0 bridgehead atoms. The van der Waals surface area contributed by atoms with Gasteiger partial charge in [0.25, 0.3) is 0 Å². The van der Waals surface area contributed by atoms with Crippen molar-refractivity contribution >= 4 is 69.4 Å². The van der Waals surface area contributed by atoms with E-state index in [1.165, 1.54) is 20.8 Å². The van der Waals surface area contributed by atoms with Crippen molar-refractivity contribution < 1.29 is 177 Å². The average molecular weight is 1750 g/mol. The third-order valence-corrected chi connectivity index (χ3v) is 25.5. The van der Waals surface area contributed by atoms with Gasteiger partial charge < -0.3 is 136 Å². The molecule has 3 saturated heterocycles. The number of ether oxygens (including phenoxy) is 9. The highest BCUT2D eigenvalue weighted by molar-refractivity contribution is 6.35. The summed E-state index contributed by atoms with van der Waals surface area (Å²) >= 11 is 0. The number of aliphatic hydroxyl groups is 9. The number of hydrogen-bond donors (Lipinski definition) is 18. The minimum Gasteiger partial charge on any atom is -0.507 e. The summed E-state index contributed by atoms with van der Waals surface area (Å²) in [6, 6.07) is 2.38. The van der Waals surface area contributed by atoms with E-state index in [1.54, 1.807) is 0 Å². The van der Waals surface area contributed by atoms with Crippen LogP contribution in [0.1, 0.15) is 244 Å². The van der Waals surface area contributed by atoms with Crippen LogP contribution in [-0.4, -0.2) is 278 Å². The number of fused-ring (bicyclic) bond motifs is 9. The molecule has 3 heterocycles. The number of methoxy groups -OCH3 is 3. The van der Waals surface area contributed by atoms with E-state index in [2.05, 4.69) is 0 Å². The fourth-order valence-electron chi connectivity index (χ4n) is 19.0. The topological polar surface area (TPSA) is 669 Å². The number of benzene rings is 6. The first-order chi connectivity index (χ1) is 59.5. The fraction of sp³-hybridized carbons (Fsp3) is 0.425. The molecule has 39 heteroatoms. The minimum atomic E-state index is -2.60. The summed E-state index contributed by atoms with van der Waals surface area (Å²) in [5, 5.41) is 172. The zero-order valence-electron chi connectivity index (χ0n) is 67.9. The summed E-state index contributed by atoms with van der Waals surface area (Å²) in [4.78, 5) is 180. The van der Waals surface area contributed by atoms with Crippen molar-refractivity contribution in [2.45, 2.75) is 194 Å². The van der Waals surface area contributed by atoms with Gasteiger partial charge in [0.05, 0.1) is 143 Å². The summed E-state index contributed by atoms with van der Waals surface area (Å²) in [5.41, 5.74) is -5.14. The monoisotopic (exact) mass is 1750 g/mol. The molecular formula is C87H87N3O36. The number of ketones is 12. The number of nitrogens with two attached hydrogens (primary N) is 3. The van der Waals surface area contributed by atoms with Crippen molar-refractivity contribution in [1.82, 2.24) is 0 Å². The molecule has 126 heavy (non-hydrogen) atoms. The second-order valence-electron chi connectivity index (χ2n) is 33.0. The van der Waals surface area contributed by atoms with Crippen LogP contribution in [0.2, 0.25) is 0 Å². The molecule has 39 nitrogen and oxygen atoms in total. The molecule has 0 unspecified atom stereocenters. The average Bonchev–Trinajstić information content (AvgIpc) is 0.713. The van der Waals surface area contributed by atoms with Crippen LogP contribution in [0.15, 0.2) is 48.0 Å². The van der Waals surface area contributed by atoms with Crippen molar-refractivity contribution in [2.24, 2.45) is 17.2 Å². The molecule has 6 aromatic rings. The van der Waals surface area contributed by atoms with E-state index < -0.39 is 417 Å². The number of phenolic OH excluding ortho intramolecular Hbond substituents is 6. The number of rotatable bonds is 22. The highest BCUT2D eigenvalue weighted by Crippen LogP contribution is 2.58. The molecule has 0 saturated carbocycles. The van der Waals surface area contributed by atoms with Crippen LogP contribution in [0, 0.1) is 0 Å². The first kappa shape index (κ1) is 89.4. The summed E-state index contributed by atoms with van der Waals surface area (Å²) in [7, 11) is 2.75. The number of phenols is 6. The number of hydrogen-bond acceptors (Lipinski definition) is 39. The molecule has 666 valence electrons. The predicted molar refractivity (Wildman–Crippen MR) is 421 cm³/mol. The Morgan fingerprint density at radius 2 is 0.690 bits per heavy atom. The zero-order valence-corrected chi connectivity index (χ0v) is 67.9. The Bertz CT molecular complexity index is 5820. The number of aromatic hydroxyl groups is 6. The Balaban J connectivity index is 0.856. The Labute approximate surface area is 711 Å². The first-order valence-electron chi connectivity index (χ1n) is 39.9. The van der Waals surface area contributed by atoms with Crippen LogP contribution in [0.5, 0.6) is 51.7 Å². The number of carbonyl (C=O) groups is 12. The number of aliphatic hydroxyl groups excluding tert-OH is 6. The van der Waals surface area contributed by atoms with Crippen LogP contribution < -0.4 is 31.4 Å². The molecule has 9 aliphatic rings. The standard InChI is InChI=1S/C87H87N3O36/c1-27-66(99)40(88)15-51(121-27)124-45-21-85(115,48(96)24-91)18-37-54(45)76(109)63-60(73(37)106)70(103)33-9-7-31(82(118-4)57(33)79(63)112)43(94)13-30(69(102)36-12-11-35-59(84(36)120-6)81(114)65-62(72(35)105)75(108)39-20-87(117,50(98)26-93)23-47(56(39)78(65)111)126-53-17-42(90)68(101)29(3)123-53)14-44(95)32-8-10-34-58(83(32)119-5)80(113)64-61(71(34)104)74(107)38-19-86(116,49(97)25-92)22-46(55(38)77(64)110)125-52-16-41(89)67(100)28(2)122-52/h7-13,27-29,40-42,45-47,51-53,66-68,91-93,99-101,106-111,115-117H,14-26,88-90H2,1-6H3/b30-13-/t27-,28-,29-,40-,41-,42-,45-,46-,47-,51-,52-,53-,66+,67+,68+,85-,86-,87-/m0/s1. The Morgan fingerprint density at radius 1 is 0.413 bits per heavy atom. The fourth-order valence-corrected chi connectivity index (χ4v) is 19.0. The van der Waals surface area contributed by atoms with Gasteiger partial charge in [-0.05, 0) is 63.2 Å². The van der Waals surface area contributed by atoms with Gasteiger partial charge >= 0.3 is 0 Å². The van der Waals surface area contributed by atoms with Crippen LogP contribution in [-0.2, 0) is 62.1 Å². The molecule has 15 rings (SSSR count). The van der Waals surface area contributed by atoms with Crippen LogP contribution in [0.25, 0.3) is 0 Å². The van der Waals surface area contributed by atoms with E-state index in [-0.39, 0.29) is 19.3 Å². The van der Waals surface area contributed by atoms with Gasteiger partial charge in [-0.2, -0.15) is 0 Å². The third kappa shape index (κ3) is 14.1. The second-order valence-corrected chi connectivity index (χ2v) is 33.0.